The molecule has 20 heavy (non-hydrogen) atoms. The van der Waals surface area contributed by atoms with Gasteiger partial charge in [-0.05, 0) is 17.7 Å². The second kappa shape index (κ2) is 5.71. The summed E-state index contributed by atoms with van der Waals surface area (Å²) in [5, 5.41) is 8.10. The molecule has 0 aliphatic carbocycles. The zero-order valence-corrected chi connectivity index (χ0v) is 11.3. The lowest BCUT2D eigenvalue weighted by atomic mass is 10.2. The van der Waals surface area contributed by atoms with E-state index < -0.39 is 0 Å². The fourth-order valence-electron chi connectivity index (χ4n) is 1.80. The molecule has 0 amide bonds. The van der Waals surface area contributed by atoms with Crippen molar-refractivity contribution in [1.29, 1.82) is 0 Å². The molecular formula is C14H12ClN5. The third kappa shape index (κ3) is 2.78. The second-order valence-corrected chi connectivity index (χ2v) is 4.56. The van der Waals surface area contributed by atoms with E-state index in [9.17, 15) is 0 Å². The van der Waals surface area contributed by atoms with Crippen molar-refractivity contribution in [3.63, 3.8) is 0 Å². The van der Waals surface area contributed by atoms with Crippen LogP contribution in [0.2, 0.25) is 5.02 Å². The number of aromatic nitrogens is 4. The van der Waals surface area contributed by atoms with Crippen LogP contribution in [-0.4, -0.2) is 19.7 Å². The molecule has 5 nitrogen and oxygen atoms in total. The summed E-state index contributed by atoms with van der Waals surface area (Å²) < 4.78 is 1.68. The molecule has 0 aliphatic rings. The van der Waals surface area contributed by atoms with Gasteiger partial charge in [0.2, 0.25) is 0 Å². The third-order valence-electron chi connectivity index (χ3n) is 2.81. The van der Waals surface area contributed by atoms with E-state index >= 15 is 0 Å². The normalized spacial score (nSPS) is 10.4. The van der Waals surface area contributed by atoms with Crippen LogP contribution in [0.25, 0.3) is 5.82 Å². The Balaban J connectivity index is 1.75. The Hall–Kier alpha value is -2.40. The van der Waals surface area contributed by atoms with Crippen LogP contribution in [0.1, 0.15) is 5.56 Å². The summed E-state index contributed by atoms with van der Waals surface area (Å²) >= 11 is 6.12. The molecule has 0 saturated carbocycles. The minimum Gasteiger partial charge on any atom is -0.366 e. The van der Waals surface area contributed by atoms with Crippen LogP contribution in [0, 0.1) is 0 Å². The first-order valence-corrected chi connectivity index (χ1v) is 6.50. The van der Waals surface area contributed by atoms with Crippen molar-refractivity contribution < 1.29 is 0 Å². The fourth-order valence-corrected chi connectivity index (χ4v) is 2.00. The Bertz CT molecular complexity index is 696. The third-order valence-corrected chi connectivity index (χ3v) is 3.18. The predicted molar refractivity (Wildman–Crippen MR) is 77.9 cm³/mol. The first kappa shape index (κ1) is 12.6. The Morgan fingerprint density at radius 1 is 1.15 bits per heavy atom. The first-order chi connectivity index (χ1) is 9.83. The Morgan fingerprint density at radius 3 is 2.85 bits per heavy atom. The first-order valence-electron chi connectivity index (χ1n) is 6.12. The average Bonchev–Trinajstić information content (AvgIpc) is 3.01. The monoisotopic (exact) mass is 285 g/mol. The van der Waals surface area contributed by atoms with Crippen LogP contribution >= 0.6 is 11.6 Å². The van der Waals surface area contributed by atoms with E-state index in [1.807, 2.05) is 42.6 Å². The quantitative estimate of drug-likeness (QED) is 0.801. The molecule has 0 atom stereocenters. The molecule has 1 aromatic carbocycles. The van der Waals surface area contributed by atoms with Crippen LogP contribution in [0.5, 0.6) is 0 Å². The Morgan fingerprint density at radius 2 is 2.05 bits per heavy atom. The molecular weight excluding hydrogens is 274 g/mol. The molecule has 0 unspecified atom stereocenters. The minimum atomic E-state index is 0.606. The van der Waals surface area contributed by atoms with Crippen molar-refractivity contribution in [2.24, 2.45) is 0 Å². The van der Waals surface area contributed by atoms with E-state index in [1.54, 1.807) is 10.9 Å². The summed E-state index contributed by atoms with van der Waals surface area (Å²) in [4.78, 5) is 8.37. The van der Waals surface area contributed by atoms with Crippen molar-refractivity contribution >= 4 is 17.4 Å². The molecule has 0 radical (unpaired) electrons. The number of halogens is 1. The zero-order chi connectivity index (χ0) is 13.8. The van der Waals surface area contributed by atoms with Crippen LogP contribution in [0.15, 0.2) is 55.1 Å². The van der Waals surface area contributed by atoms with Crippen molar-refractivity contribution in [3.8, 4) is 5.82 Å². The van der Waals surface area contributed by atoms with Gasteiger partial charge in [0.1, 0.15) is 12.1 Å². The highest BCUT2D eigenvalue weighted by Crippen LogP contribution is 2.16. The molecule has 0 fully saturated rings. The lowest BCUT2D eigenvalue weighted by molar-refractivity contribution is 0.839. The molecule has 0 saturated heterocycles. The summed E-state index contributed by atoms with van der Waals surface area (Å²) in [6.45, 7) is 0.606. The zero-order valence-electron chi connectivity index (χ0n) is 10.6. The van der Waals surface area contributed by atoms with Crippen molar-refractivity contribution in [2.45, 2.75) is 6.54 Å². The van der Waals surface area contributed by atoms with Gasteiger partial charge in [-0.1, -0.05) is 29.8 Å². The number of nitrogens with one attached hydrogen (secondary N) is 1. The van der Waals surface area contributed by atoms with Gasteiger partial charge >= 0.3 is 0 Å². The summed E-state index contributed by atoms with van der Waals surface area (Å²) in [6, 6.07) is 11.4. The van der Waals surface area contributed by atoms with Gasteiger partial charge in [0.05, 0.1) is 0 Å². The largest absolute Gasteiger partial charge is 0.366 e. The summed E-state index contributed by atoms with van der Waals surface area (Å²) in [7, 11) is 0. The van der Waals surface area contributed by atoms with E-state index in [-0.39, 0.29) is 0 Å². The van der Waals surface area contributed by atoms with E-state index in [0.29, 0.717) is 12.4 Å². The highest BCUT2D eigenvalue weighted by Gasteiger charge is 2.02. The molecule has 0 spiro atoms. The second-order valence-electron chi connectivity index (χ2n) is 4.16. The van der Waals surface area contributed by atoms with Gasteiger partial charge < -0.3 is 5.32 Å². The van der Waals surface area contributed by atoms with Crippen LogP contribution in [0.4, 0.5) is 5.82 Å². The lowest BCUT2D eigenvalue weighted by Gasteiger charge is -2.08. The molecule has 100 valence electrons. The van der Waals surface area contributed by atoms with Crippen LogP contribution in [-0.2, 0) is 6.54 Å². The lowest BCUT2D eigenvalue weighted by Crippen LogP contribution is -2.05. The number of benzene rings is 1. The van der Waals surface area contributed by atoms with Gasteiger partial charge in [0.15, 0.2) is 5.82 Å². The minimum absolute atomic E-state index is 0.606. The van der Waals surface area contributed by atoms with E-state index in [4.69, 9.17) is 11.6 Å². The summed E-state index contributed by atoms with van der Waals surface area (Å²) in [5.74, 6) is 1.44. The smallest absolute Gasteiger partial charge is 0.158 e. The highest BCUT2D eigenvalue weighted by atomic mass is 35.5. The van der Waals surface area contributed by atoms with Crippen molar-refractivity contribution in [2.75, 3.05) is 5.32 Å². The van der Waals surface area contributed by atoms with Crippen LogP contribution in [0.3, 0.4) is 0 Å². The van der Waals surface area contributed by atoms with Gasteiger partial charge in [-0.25, -0.2) is 14.6 Å². The maximum absolute atomic E-state index is 6.12. The topological polar surface area (TPSA) is 55.6 Å². The van der Waals surface area contributed by atoms with Crippen molar-refractivity contribution in [1.82, 2.24) is 19.7 Å². The molecule has 2 heterocycles. The molecule has 0 aliphatic heterocycles. The number of rotatable bonds is 4. The van der Waals surface area contributed by atoms with E-state index in [0.717, 1.165) is 16.4 Å². The molecule has 2 aromatic heterocycles. The maximum atomic E-state index is 6.12. The van der Waals surface area contributed by atoms with Gasteiger partial charge in [-0.3, -0.25) is 0 Å². The molecule has 1 N–H and O–H groups in total. The van der Waals surface area contributed by atoms with Gasteiger partial charge in [0, 0.05) is 30.0 Å². The fraction of sp³-hybridized carbons (Fsp3) is 0.0714. The Labute approximate surface area is 121 Å². The number of anilines is 1. The number of hydrogen-bond donors (Lipinski definition) is 1. The number of hydrogen-bond acceptors (Lipinski definition) is 4. The van der Waals surface area contributed by atoms with Gasteiger partial charge in [-0.15, -0.1) is 0 Å². The highest BCUT2D eigenvalue weighted by molar-refractivity contribution is 6.31. The number of nitrogens with zero attached hydrogens (tertiary/aromatic N) is 4. The summed E-state index contributed by atoms with van der Waals surface area (Å²) in [6.07, 6.45) is 5.05. The standard InChI is InChI=1S/C14H12ClN5/c15-12-5-2-1-4-11(12)9-16-13-8-14(18-10-17-13)20-7-3-6-19-20/h1-8,10H,9H2,(H,16,17,18). The van der Waals surface area contributed by atoms with Gasteiger partial charge in [0.25, 0.3) is 0 Å². The molecule has 3 aromatic rings. The van der Waals surface area contributed by atoms with E-state index in [1.165, 1.54) is 6.33 Å². The SMILES string of the molecule is Clc1ccccc1CNc1cc(-n2cccn2)ncn1. The van der Waals surface area contributed by atoms with Gasteiger partial charge in [-0.2, -0.15) is 5.10 Å². The van der Waals surface area contributed by atoms with Crippen molar-refractivity contribution in [3.05, 3.63) is 65.7 Å². The molecule has 3 rings (SSSR count). The summed E-state index contributed by atoms with van der Waals surface area (Å²) in [5.41, 5.74) is 1.02. The predicted octanol–water partition coefficient (Wildman–Crippen LogP) is 2.93. The van der Waals surface area contributed by atoms with E-state index in [2.05, 4.69) is 20.4 Å². The molecule has 0 bridgehead atoms. The molecule has 6 heteroatoms. The average molecular weight is 286 g/mol. The van der Waals surface area contributed by atoms with Crippen LogP contribution < -0.4 is 5.32 Å². The maximum Gasteiger partial charge on any atom is 0.158 e. The Kier molecular flexibility index (Phi) is 3.60.